The number of anilines is 1. The highest BCUT2D eigenvalue weighted by Gasteiger charge is 1.95. The zero-order valence-corrected chi connectivity index (χ0v) is 7.53. The lowest BCUT2D eigenvalue weighted by Crippen LogP contribution is -2.15. The molecule has 0 fully saturated rings. The lowest BCUT2D eigenvalue weighted by Gasteiger charge is -2.07. The smallest absolute Gasteiger partial charge is 0.0623 e. The molecule has 0 saturated carbocycles. The van der Waals surface area contributed by atoms with Gasteiger partial charge in [-0.2, -0.15) is 0 Å². The Morgan fingerprint density at radius 3 is 2.64 bits per heavy atom. The number of nitrogens with one attached hydrogen (secondary N) is 2. The Bertz CT molecular complexity index is 225. The van der Waals surface area contributed by atoms with E-state index in [1.807, 2.05) is 25.2 Å². The molecule has 0 aliphatic heterocycles. The Labute approximate surface area is 71.4 Å². The highest BCUT2D eigenvalue weighted by atomic mass is 32.2. The number of para-hydroxylation sites is 1. The van der Waals surface area contributed by atoms with E-state index in [9.17, 15) is 0 Å². The van der Waals surface area contributed by atoms with Crippen LogP contribution in [0.4, 0.5) is 5.69 Å². The number of hydrazine groups is 1. The second kappa shape index (κ2) is 4.26. The Hall–Kier alpha value is -0.670. The third kappa shape index (κ3) is 2.13. The van der Waals surface area contributed by atoms with Crippen LogP contribution in [0.15, 0.2) is 29.2 Å². The van der Waals surface area contributed by atoms with Crippen molar-refractivity contribution in [2.24, 2.45) is 0 Å². The van der Waals surface area contributed by atoms with Crippen LogP contribution in [0.5, 0.6) is 0 Å². The fourth-order valence-electron chi connectivity index (χ4n) is 0.883. The molecule has 0 atom stereocenters. The second-order valence-electron chi connectivity index (χ2n) is 2.08. The number of hydrogen-bond acceptors (Lipinski definition) is 3. The summed E-state index contributed by atoms with van der Waals surface area (Å²) >= 11 is 1.73. The predicted octanol–water partition coefficient (Wildman–Crippen LogP) is 1.95. The number of thioether (sulfide) groups is 1. The van der Waals surface area contributed by atoms with E-state index in [0.29, 0.717) is 0 Å². The summed E-state index contributed by atoms with van der Waals surface area (Å²) in [6, 6.07) is 8.18. The van der Waals surface area contributed by atoms with E-state index in [2.05, 4.69) is 23.2 Å². The van der Waals surface area contributed by atoms with Crippen LogP contribution in [0.1, 0.15) is 0 Å². The van der Waals surface area contributed by atoms with Crippen LogP contribution in [0, 0.1) is 0 Å². The Kier molecular flexibility index (Phi) is 3.26. The maximum absolute atomic E-state index is 3.06. The topological polar surface area (TPSA) is 24.1 Å². The third-order valence-corrected chi connectivity index (χ3v) is 2.16. The highest BCUT2D eigenvalue weighted by molar-refractivity contribution is 7.98. The molecule has 0 aliphatic carbocycles. The molecule has 2 nitrogen and oxygen atoms in total. The monoisotopic (exact) mass is 168 g/mol. The molecule has 11 heavy (non-hydrogen) atoms. The maximum Gasteiger partial charge on any atom is 0.0623 e. The van der Waals surface area contributed by atoms with Crippen LogP contribution in [-0.4, -0.2) is 13.3 Å². The minimum atomic E-state index is 1.13. The number of rotatable bonds is 3. The highest BCUT2D eigenvalue weighted by Crippen LogP contribution is 2.23. The van der Waals surface area contributed by atoms with Gasteiger partial charge in [0, 0.05) is 11.9 Å². The van der Waals surface area contributed by atoms with Gasteiger partial charge in [-0.05, 0) is 18.4 Å². The van der Waals surface area contributed by atoms with Crippen LogP contribution in [0.3, 0.4) is 0 Å². The molecular formula is C8H12N2S. The fourth-order valence-corrected chi connectivity index (χ4v) is 1.44. The summed E-state index contributed by atoms with van der Waals surface area (Å²) in [5.74, 6) is 0. The zero-order chi connectivity index (χ0) is 8.10. The van der Waals surface area contributed by atoms with Gasteiger partial charge in [-0.25, -0.2) is 5.43 Å². The Morgan fingerprint density at radius 1 is 1.27 bits per heavy atom. The van der Waals surface area contributed by atoms with E-state index in [1.165, 1.54) is 4.90 Å². The molecule has 0 spiro atoms. The van der Waals surface area contributed by atoms with E-state index < -0.39 is 0 Å². The van der Waals surface area contributed by atoms with E-state index in [4.69, 9.17) is 0 Å². The van der Waals surface area contributed by atoms with Gasteiger partial charge in [-0.1, -0.05) is 12.1 Å². The van der Waals surface area contributed by atoms with Crippen molar-refractivity contribution in [2.45, 2.75) is 4.90 Å². The maximum atomic E-state index is 3.06. The van der Waals surface area contributed by atoms with E-state index >= 15 is 0 Å². The standard InChI is InChI=1S/C8H12N2S/c1-9-10-7-5-3-4-6-8(7)11-2/h3-6,9-10H,1-2H3. The summed E-state index contributed by atoms with van der Waals surface area (Å²) in [4.78, 5) is 1.25. The van der Waals surface area contributed by atoms with Gasteiger partial charge < -0.3 is 5.43 Å². The summed E-state index contributed by atoms with van der Waals surface area (Å²) in [5.41, 5.74) is 7.08. The van der Waals surface area contributed by atoms with Crippen LogP contribution in [0.2, 0.25) is 0 Å². The van der Waals surface area contributed by atoms with Gasteiger partial charge in [0.2, 0.25) is 0 Å². The molecule has 2 N–H and O–H groups in total. The van der Waals surface area contributed by atoms with Crippen molar-refractivity contribution in [3.8, 4) is 0 Å². The minimum Gasteiger partial charge on any atom is -0.321 e. The van der Waals surface area contributed by atoms with Gasteiger partial charge in [0.25, 0.3) is 0 Å². The molecule has 0 radical (unpaired) electrons. The predicted molar refractivity (Wildman–Crippen MR) is 50.9 cm³/mol. The van der Waals surface area contributed by atoms with Gasteiger partial charge in [-0.3, -0.25) is 0 Å². The molecule has 0 unspecified atom stereocenters. The summed E-state index contributed by atoms with van der Waals surface area (Å²) in [6.07, 6.45) is 2.07. The van der Waals surface area contributed by atoms with Crippen molar-refractivity contribution in [2.75, 3.05) is 18.7 Å². The van der Waals surface area contributed by atoms with Crippen molar-refractivity contribution in [3.05, 3.63) is 24.3 Å². The molecular weight excluding hydrogens is 156 g/mol. The first-order chi connectivity index (χ1) is 5.38. The van der Waals surface area contributed by atoms with Gasteiger partial charge in [0.05, 0.1) is 5.69 Å². The Balaban J connectivity index is 2.83. The molecule has 1 aromatic carbocycles. The fraction of sp³-hybridized carbons (Fsp3) is 0.250. The summed E-state index contributed by atoms with van der Waals surface area (Å²) in [7, 11) is 1.86. The molecule has 1 aromatic rings. The first-order valence-corrected chi connectivity index (χ1v) is 4.66. The number of benzene rings is 1. The van der Waals surface area contributed by atoms with Crippen molar-refractivity contribution in [1.29, 1.82) is 0 Å². The molecule has 60 valence electrons. The van der Waals surface area contributed by atoms with Crippen LogP contribution < -0.4 is 10.9 Å². The lowest BCUT2D eigenvalue weighted by atomic mass is 10.3. The molecule has 0 amide bonds. The first kappa shape index (κ1) is 8.43. The average molecular weight is 168 g/mol. The quantitative estimate of drug-likeness (QED) is 0.533. The summed E-state index contributed by atoms with van der Waals surface area (Å²) in [6.45, 7) is 0. The van der Waals surface area contributed by atoms with Crippen molar-refractivity contribution >= 4 is 17.4 Å². The number of hydrogen-bond donors (Lipinski definition) is 2. The van der Waals surface area contributed by atoms with Gasteiger partial charge in [0.15, 0.2) is 0 Å². The molecule has 0 aliphatic rings. The SMILES string of the molecule is CNNc1ccccc1SC. The minimum absolute atomic E-state index is 1.13. The van der Waals surface area contributed by atoms with Crippen molar-refractivity contribution in [1.82, 2.24) is 5.43 Å². The molecule has 0 bridgehead atoms. The average Bonchev–Trinajstić information content (AvgIpc) is 2.06. The second-order valence-corrected chi connectivity index (χ2v) is 2.92. The molecule has 1 rings (SSSR count). The van der Waals surface area contributed by atoms with E-state index in [-0.39, 0.29) is 0 Å². The third-order valence-electron chi connectivity index (χ3n) is 1.37. The summed E-state index contributed by atoms with van der Waals surface area (Å²) in [5, 5.41) is 0. The first-order valence-electron chi connectivity index (χ1n) is 3.44. The van der Waals surface area contributed by atoms with Gasteiger partial charge in [0.1, 0.15) is 0 Å². The van der Waals surface area contributed by atoms with Gasteiger partial charge >= 0.3 is 0 Å². The Morgan fingerprint density at radius 2 is 2.00 bits per heavy atom. The van der Waals surface area contributed by atoms with Crippen molar-refractivity contribution in [3.63, 3.8) is 0 Å². The molecule has 0 aromatic heterocycles. The normalized spacial score (nSPS) is 9.64. The van der Waals surface area contributed by atoms with Crippen LogP contribution >= 0.6 is 11.8 Å². The van der Waals surface area contributed by atoms with E-state index in [0.717, 1.165) is 5.69 Å². The van der Waals surface area contributed by atoms with Gasteiger partial charge in [-0.15, -0.1) is 11.8 Å². The van der Waals surface area contributed by atoms with Crippen molar-refractivity contribution < 1.29 is 0 Å². The van der Waals surface area contributed by atoms with E-state index in [1.54, 1.807) is 11.8 Å². The largest absolute Gasteiger partial charge is 0.321 e. The summed E-state index contributed by atoms with van der Waals surface area (Å²) < 4.78 is 0. The molecule has 0 heterocycles. The zero-order valence-electron chi connectivity index (χ0n) is 6.72. The molecule has 0 saturated heterocycles. The van der Waals surface area contributed by atoms with Crippen LogP contribution in [0.25, 0.3) is 0 Å². The lowest BCUT2D eigenvalue weighted by molar-refractivity contribution is 0.975. The van der Waals surface area contributed by atoms with Crippen LogP contribution in [-0.2, 0) is 0 Å². The molecule has 3 heteroatoms.